The van der Waals surface area contributed by atoms with Crippen LogP contribution in [-0.2, 0) is 31.9 Å². The normalized spacial score (nSPS) is 12.5. The quantitative estimate of drug-likeness (QED) is 0.336. The number of rotatable bonds is 10. The second-order valence-corrected chi connectivity index (χ2v) is 6.81. The zero-order valence-electron chi connectivity index (χ0n) is 17.0. The van der Waals surface area contributed by atoms with Gasteiger partial charge in [-0.1, -0.05) is 37.4 Å². The average molecular weight is 410 g/mol. The molecule has 0 atom stereocenters. The van der Waals surface area contributed by atoms with Gasteiger partial charge in [0.2, 0.25) is 0 Å². The van der Waals surface area contributed by atoms with Crippen molar-refractivity contribution >= 4 is 22.7 Å². The Morgan fingerprint density at radius 1 is 0.767 bits per heavy atom. The average Bonchev–Trinajstić information content (AvgIpc) is 2.79. The Kier molecular flexibility index (Phi) is 7.49. The lowest BCUT2D eigenvalue weighted by Crippen LogP contribution is -2.15. The summed E-state index contributed by atoms with van der Waals surface area (Å²) in [7, 11) is 0. The van der Waals surface area contributed by atoms with Crippen LogP contribution < -0.4 is 9.47 Å². The fourth-order valence-electron chi connectivity index (χ4n) is 3.63. The standard InChI is InChI=1S/C24H26O6/c1-3-21(25)27-13-15-29-23-17-9-5-7-11-19(17)24(20-12-8-6-10-18(20)23)30-16-14-28-22(26)4-2/h3-5,7,9,11H,1-2,6,8,10,12-16H2. The number of hydrogen-bond acceptors (Lipinski definition) is 6. The van der Waals surface area contributed by atoms with Crippen molar-refractivity contribution in [3.05, 3.63) is 60.7 Å². The summed E-state index contributed by atoms with van der Waals surface area (Å²) in [5, 5.41) is 1.90. The van der Waals surface area contributed by atoms with Crippen LogP contribution in [0.2, 0.25) is 0 Å². The first-order valence-corrected chi connectivity index (χ1v) is 10.1. The van der Waals surface area contributed by atoms with E-state index in [0.29, 0.717) is 0 Å². The number of ether oxygens (including phenoxy) is 4. The number of carbonyl (C=O) groups is 2. The minimum Gasteiger partial charge on any atom is -0.489 e. The van der Waals surface area contributed by atoms with Gasteiger partial charge in [0.15, 0.2) is 0 Å². The van der Waals surface area contributed by atoms with Crippen LogP contribution in [0.3, 0.4) is 0 Å². The molecule has 2 aromatic rings. The molecule has 0 amide bonds. The smallest absolute Gasteiger partial charge is 0.330 e. The van der Waals surface area contributed by atoms with Crippen LogP contribution in [0.1, 0.15) is 24.0 Å². The van der Waals surface area contributed by atoms with E-state index in [-0.39, 0.29) is 26.4 Å². The summed E-state index contributed by atoms with van der Waals surface area (Å²) in [6.07, 6.45) is 6.20. The number of fused-ring (bicyclic) bond motifs is 2. The Bertz CT molecular complexity index is 870. The van der Waals surface area contributed by atoms with Crippen molar-refractivity contribution in [2.45, 2.75) is 25.7 Å². The van der Waals surface area contributed by atoms with Gasteiger partial charge in [-0.15, -0.1) is 0 Å². The first-order chi connectivity index (χ1) is 14.7. The van der Waals surface area contributed by atoms with E-state index in [9.17, 15) is 9.59 Å². The Balaban J connectivity index is 1.86. The minimum atomic E-state index is -0.466. The molecule has 6 nitrogen and oxygen atoms in total. The van der Waals surface area contributed by atoms with E-state index in [2.05, 4.69) is 13.2 Å². The van der Waals surface area contributed by atoms with Crippen LogP contribution in [0, 0.1) is 0 Å². The first kappa shape index (κ1) is 21.4. The lowest BCUT2D eigenvalue weighted by Gasteiger charge is -2.25. The summed E-state index contributed by atoms with van der Waals surface area (Å²) in [6, 6.07) is 7.91. The van der Waals surface area contributed by atoms with Crippen LogP contribution in [-0.4, -0.2) is 38.4 Å². The molecule has 1 aliphatic carbocycles. The highest BCUT2D eigenvalue weighted by atomic mass is 16.6. The highest BCUT2D eigenvalue weighted by Gasteiger charge is 2.23. The van der Waals surface area contributed by atoms with Crippen molar-refractivity contribution < 1.29 is 28.5 Å². The summed E-state index contributed by atoms with van der Waals surface area (Å²) >= 11 is 0. The van der Waals surface area contributed by atoms with E-state index in [1.165, 1.54) is 0 Å². The largest absolute Gasteiger partial charge is 0.489 e. The number of benzene rings is 2. The predicted molar refractivity (Wildman–Crippen MR) is 114 cm³/mol. The maximum absolute atomic E-state index is 11.3. The maximum Gasteiger partial charge on any atom is 0.330 e. The molecular weight excluding hydrogens is 384 g/mol. The molecular formula is C24H26O6. The third kappa shape index (κ3) is 5.00. The van der Waals surface area contributed by atoms with Crippen molar-refractivity contribution in [2.75, 3.05) is 26.4 Å². The molecule has 158 valence electrons. The molecule has 30 heavy (non-hydrogen) atoms. The van der Waals surface area contributed by atoms with Crippen LogP contribution in [0.4, 0.5) is 0 Å². The molecule has 0 bridgehead atoms. The van der Waals surface area contributed by atoms with Crippen LogP contribution >= 0.6 is 0 Å². The van der Waals surface area contributed by atoms with Gasteiger partial charge < -0.3 is 18.9 Å². The Morgan fingerprint density at radius 3 is 1.60 bits per heavy atom. The molecule has 0 unspecified atom stereocenters. The van der Waals surface area contributed by atoms with Gasteiger partial charge in [-0.25, -0.2) is 9.59 Å². The summed E-state index contributed by atoms with van der Waals surface area (Å²) in [5.74, 6) is 0.707. The minimum absolute atomic E-state index is 0.154. The molecule has 1 aliphatic rings. The lowest BCUT2D eigenvalue weighted by atomic mass is 9.87. The molecule has 0 heterocycles. The number of esters is 2. The lowest BCUT2D eigenvalue weighted by molar-refractivity contribution is -0.139. The fourth-order valence-corrected chi connectivity index (χ4v) is 3.63. The van der Waals surface area contributed by atoms with Crippen LogP contribution in [0.15, 0.2) is 49.6 Å². The Hall–Kier alpha value is -3.28. The molecule has 3 rings (SSSR count). The molecule has 0 saturated carbocycles. The fraction of sp³-hybridized carbons (Fsp3) is 0.333. The molecule has 0 N–H and O–H groups in total. The molecule has 2 aromatic carbocycles. The summed E-state index contributed by atoms with van der Waals surface area (Å²) in [4.78, 5) is 22.5. The highest BCUT2D eigenvalue weighted by Crippen LogP contribution is 2.44. The second kappa shape index (κ2) is 10.5. The molecule has 0 saturated heterocycles. The molecule has 0 aliphatic heterocycles. The van der Waals surface area contributed by atoms with E-state index >= 15 is 0 Å². The van der Waals surface area contributed by atoms with Gasteiger partial charge in [0, 0.05) is 34.1 Å². The van der Waals surface area contributed by atoms with Gasteiger partial charge in [0.25, 0.3) is 0 Å². The Labute approximate surface area is 176 Å². The van der Waals surface area contributed by atoms with E-state index in [4.69, 9.17) is 18.9 Å². The van der Waals surface area contributed by atoms with Gasteiger partial charge in [0.1, 0.15) is 37.9 Å². The first-order valence-electron chi connectivity index (χ1n) is 10.1. The number of hydrogen-bond donors (Lipinski definition) is 0. The molecule has 0 fully saturated rings. The molecule has 0 spiro atoms. The van der Waals surface area contributed by atoms with E-state index in [1.807, 2.05) is 24.3 Å². The summed E-state index contributed by atoms with van der Waals surface area (Å²) in [5.41, 5.74) is 2.26. The van der Waals surface area contributed by atoms with E-state index < -0.39 is 11.9 Å². The monoisotopic (exact) mass is 410 g/mol. The Morgan fingerprint density at radius 2 is 1.20 bits per heavy atom. The van der Waals surface area contributed by atoms with E-state index in [0.717, 1.165) is 71.2 Å². The van der Waals surface area contributed by atoms with Crippen molar-refractivity contribution in [1.29, 1.82) is 0 Å². The van der Waals surface area contributed by atoms with E-state index in [1.54, 1.807) is 0 Å². The molecule has 0 radical (unpaired) electrons. The van der Waals surface area contributed by atoms with Crippen molar-refractivity contribution in [2.24, 2.45) is 0 Å². The van der Waals surface area contributed by atoms with Crippen LogP contribution in [0.5, 0.6) is 11.5 Å². The number of carbonyl (C=O) groups excluding carboxylic acids is 2. The van der Waals surface area contributed by atoms with Crippen LogP contribution in [0.25, 0.3) is 10.8 Å². The molecule has 0 aromatic heterocycles. The zero-order chi connectivity index (χ0) is 21.3. The SMILES string of the molecule is C=CC(=O)OCCOc1c2c(c(OCCOC(=O)C=C)c3ccccc13)CCCC2. The second-order valence-electron chi connectivity index (χ2n) is 6.81. The summed E-state index contributed by atoms with van der Waals surface area (Å²) in [6.45, 7) is 7.60. The predicted octanol–water partition coefficient (Wildman–Crippen LogP) is 3.93. The topological polar surface area (TPSA) is 71.1 Å². The van der Waals surface area contributed by atoms with Gasteiger partial charge in [-0.2, -0.15) is 0 Å². The third-order valence-corrected chi connectivity index (χ3v) is 4.91. The highest BCUT2D eigenvalue weighted by molar-refractivity contribution is 5.96. The van der Waals surface area contributed by atoms with Gasteiger partial charge in [0.05, 0.1) is 0 Å². The zero-order valence-corrected chi connectivity index (χ0v) is 17.0. The summed E-state index contributed by atoms with van der Waals surface area (Å²) < 4.78 is 22.2. The van der Waals surface area contributed by atoms with Gasteiger partial charge in [-0.05, 0) is 25.7 Å². The van der Waals surface area contributed by atoms with Crippen molar-refractivity contribution in [3.8, 4) is 11.5 Å². The van der Waals surface area contributed by atoms with Crippen molar-refractivity contribution in [1.82, 2.24) is 0 Å². The molecule has 6 heteroatoms. The van der Waals surface area contributed by atoms with Crippen molar-refractivity contribution in [3.63, 3.8) is 0 Å². The maximum atomic E-state index is 11.3. The third-order valence-electron chi connectivity index (χ3n) is 4.91. The van der Waals surface area contributed by atoms with Gasteiger partial charge >= 0.3 is 11.9 Å². The van der Waals surface area contributed by atoms with Gasteiger partial charge in [-0.3, -0.25) is 0 Å².